The highest BCUT2D eigenvalue weighted by Crippen LogP contribution is 2.16. The summed E-state index contributed by atoms with van der Waals surface area (Å²) >= 11 is 1.45. The molecule has 2 aromatic rings. The molecule has 0 radical (unpaired) electrons. The van der Waals surface area contributed by atoms with E-state index in [4.69, 9.17) is 4.74 Å². The van der Waals surface area contributed by atoms with Gasteiger partial charge in [0.05, 0.1) is 9.95 Å². The molecule has 0 bridgehead atoms. The van der Waals surface area contributed by atoms with E-state index in [-0.39, 0.29) is 30.9 Å². The number of esters is 1. The Bertz CT molecular complexity index is 734. The van der Waals surface area contributed by atoms with Crippen LogP contribution in [-0.2, 0) is 20.9 Å². The number of pyridine rings is 1. The Balaban J connectivity index is 1.67. The maximum absolute atomic E-state index is 11.8. The minimum Gasteiger partial charge on any atom is -0.460 e. The maximum Gasteiger partial charge on any atom is 0.313 e. The number of ether oxygens (including phenoxy) is 1. The number of thioether (sulfide) groups is 1. The van der Waals surface area contributed by atoms with Crippen LogP contribution in [0.2, 0.25) is 0 Å². The lowest BCUT2D eigenvalue weighted by molar-refractivity contribution is -0.384. The quantitative estimate of drug-likeness (QED) is 0.223. The Kier molecular flexibility index (Phi) is 7.09. The number of aromatic nitrogens is 1. The van der Waals surface area contributed by atoms with Crippen LogP contribution in [-0.4, -0.2) is 27.4 Å². The first-order chi connectivity index (χ1) is 12.0. The topological polar surface area (TPSA) is 99.4 Å². The largest absolute Gasteiger partial charge is 0.460 e. The van der Waals surface area contributed by atoms with Crippen LogP contribution in [0, 0.1) is 10.1 Å². The highest BCUT2D eigenvalue weighted by atomic mass is 32.2. The molecule has 1 heterocycles. The number of nitrogens with zero attached hydrogens (tertiary/aromatic N) is 2. The molecule has 1 aromatic heterocycles. The number of rotatable bonds is 9. The Morgan fingerprint density at radius 3 is 2.56 bits per heavy atom. The second kappa shape index (κ2) is 9.53. The average molecular weight is 360 g/mol. The molecule has 0 N–H and O–H groups in total. The molecule has 0 saturated carbocycles. The predicted octanol–water partition coefficient (Wildman–Crippen LogP) is 3.17. The lowest BCUT2D eigenvalue weighted by atomic mass is 10.2. The summed E-state index contributed by atoms with van der Waals surface area (Å²) in [6.45, 7) is -0.0210. The highest BCUT2D eigenvalue weighted by Gasteiger charge is 2.12. The fourth-order valence-corrected chi connectivity index (χ4v) is 2.73. The fraction of sp³-hybridized carbons (Fsp3) is 0.235. The standard InChI is InChI=1S/C17H16N2O5S/c20-15(8-10-25-16-3-1-2-9-18-16)11-17(21)24-12-13-4-6-14(7-5-13)19(22)23/h1-7,9H,8,10-12H2. The van der Waals surface area contributed by atoms with E-state index in [9.17, 15) is 19.7 Å². The van der Waals surface area contributed by atoms with Gasteiger partial charge in [-0.15, -0.1) is 11.8 Å². The molecule has 0 atom stereocenters. The lowest BCUT2D eigenvalue weighted by Crippen LogP contribution is -2.11. The van der Waals surface area contributed by atoms with Gasteiger partial charge in [-0.2, -0.15) is 0 Å². The van der Waals surface area contributed by atoms with Gasteiger partial charge < -0.3 is 4.74 Å². The van der Waals surface area contributed by atoms with Gasteiger partial charge in [-0.05, 0) is 29.8 Å². The lowest BCUT2D eigenvalue weighted by Gasteiger charge is -2.05. The van der Waals surface area contributed by atoms with Gasteiger partial charge in [0.25, 0.3) is 5.69 Å². The van der Waals surface area contributed by atoms with Crippen molar-refractivity contribution in [2.24, 2.45) is 0 Å². The van der Waals surface area contributed by atoms with Crippen molar-refractivity contribution in [2.75, 3.05) is 5.75 Å². The van der Waals surface area contributed by atoms with Gasteiger partial charge >= 0.3 is 5.97 Å². The third-order valence-corrected chi connectivity index (χ3v) is 4.10. The molecule has 0 spiro atoms. The summed E-state index contributed by atoms with van der Waals surface area (Å²) in [6.07, 6.45) is 1.66. The van der Waals surface area contributed by atoms with E-state index < -0.39 is 10.9 Å². The first-order valence-corrected chi connectivity index (χ1v) is 8.47. The van der Waals surface area contributed by atoms with Crippen molar-refractivity contribution in [3.8, 4) is 0 Å². The Morgan fingerprint density at radius 2 is 1.92 bits per heavy atom. The molecular formula is C17H16N2O5S. The summed E-state index contributed by atoms with van der Waals surface area (Å²) in [5.74, 6) is -0.255. The van der Waals surface area contributed by atoms with Gasteiger partial charge in [-0.3, -0.25) is 19.7 Å². The molecule has 1 aromatic carbocycles. The van der Waals surface area contributed by atoms with E-state index in [1.807, 2.05) is 18.2 Å². The third-order valence-electron chi connectivity index (χ3n) is 3.16. The monoisotopic (exact) mass is 360 g/mol. The zero-order valence-electron chi connectivity index (χ0n) is 13.3. The van der Waals surface area contributed by atoms with Crippen molar-refractivity contribution in [3.63, 3.8) is 0 Å². The van der Waals surface area contributed by atoms with Crippen LogP contribution in [0.25, 0.3) is 0 Å². The zero-order chi connectivity index (χ0) is 18.1. The van der Waals surface area contributed by atoms with Crippen molar-refractivity contribution in [3.05, 3.63) is 64.3 Å². The normalized spacial score (nSPS) is 10.2. The molecule has 130 valence electrons. The first kappa shape index (κ1) is 18.6. The number of nitro groups is 1. The highest BCUT2D eigenvalue weighted by molar-refractivity contribution is 7.99. The van der Waals surface area contributed by atoms with E-state index in [1.165, 1.54) is 36.0 Å². The maximum atomic E-state index is 11.8. The van der Waals surface area contributed by atoms with Gasteiger partial charge in [-0.1, -0.05) is 6.07 Å². The summed E-state index contributed by atoms with van der Waals surface area (Å²) in [4.78, 5) is 37.6. The second-order valence-corrected chi connectivity index (χ2v) is 6.18. The van der Waals surface area contributed by atoms with Crippen molar-refractivity contribution in [2.45, 2.75) is 24.5 Å². The molecular weight excluding hydrogens is 344 g/mol. The minimum atomic E-state index is -0.605. The number of hydrogen-bond donors (Lipinski definition) is 0. The molecule has 0 amide bonds. The van der Waals surface area contributed by atoms with E-state index >= 15 is 0 Å². The molecule has 8 heteroatoms. The minimum absolute atomic E-state index is 0.0210. The van der Waals surface area contributed by atoms with Crippen LogP contribution in [0.15, 0.2) is 53.7 Å². The number of carbonyl (C=O) groups is 2. The van der Waals surface area contributed by atoms with Gasteiger partial charge in [0, 0.05) is 30.5 Å². The SMILES string of the molecule is O=C(CCSc1ccccn1)CC(=O)OCc1ccc([N+](=O)[O-])cc1. The van der Waals surface area contributed by atoms with Crippen LogP contribution in [0.5, 0.6) is 0 Å². The molecule has 2 rings (SSSR count). The van der Waals surface area contributed by atoms with Crippen molar-refractivity contribution < 1.29 is 19.2 Å². The number of nitro benzene ring substituents is 1. The van der Waals surface area contributed by atoms with Crippen molar-refractivity contribution >= 4 is 29.2 Å². The smallest absolute Gasteiger partial charge is 0.313 e. The number of benzene rings is 1. The summed E-state index contributed by atoms with van der Waals surface area (Å²) in [5.41, 5.74) is 0.591. The Hall–Kier alpha value is -2.74. The number of hydrogen-bond acceptors (Lipinski definition) is 7. The molecule has 7 nitrogen and oxygen atoms in total. The summed E-state index contributed by atoms with van der Waals surface area (Å²) in [5, 5.41) is 11.4. The van der Waals surface area contributed by atoms with Crippen molar-refractivity contribution in [1.82, 2.24) is 4.98 Å². The molecule has 0 saturated heterocycles. The molecule has 0 aliphatic rings. The second-order valence-electron chi connectivity index (χ2n) is 5.07. The number of carbonyl (C=O) groups excluding carboxylic acids is 2. The van der Waals surface area contributed by atoms with Crippen LogP contribution in [0.1, 0.15) is 18.4 Å². The summed E-state index contributed by atoms with van der Waals surface area (Å²) < 4.78 is 5.01. The van der Waals surface area contributed by atoms with Gasteiger partial charge in [0.15, 0.2) is 0 Å². The molecule has 0 fully saturated rings. The van der Waals surface area contributed by atoms with Gasteiger partial charge in [0.2, 0.25) is 0 Å². The summed E-state index contributed by atoms with van der Waals surface area (Å²) in [7, 11) is 0. The number of ketones is 1. The Labute approximate surface area is 148 Å². The van der Waals surface area contributed by atoms with Crippen LogP contribution in [0.3, 0.4) is 0 Å². The Morgan fingerprint density at radius 1 is 1.16 bits per heavy atom. The zero-order valence-corrected chi connectivity index (χ0v) is 14.1. The van der Waals surface area contributed by atoms with Crippen LogP contribution >= 0.6 is 11.8 Å². The average Bonchev–Trinajstić information content (AvgIpc) is 2.61. The number of non-ortho nitro benzene ring substituents is 1. The van der Waals surface area contributed by atoms with Crippen LogP contribution in [0.4, 0.5) is 5.69 Å². The first-order valence-electron chi connectivity index (χ1n) is 7.49. The molecule has 0 aliphatic heterocycles. The van der Waals surface area contributed by atoms with Gasteiger partial charge in [-0.25, -0.2) is 4.98 Å². The number of Topliss-reactive ketones (excluding diaryl/α,β-unsaturated/α-hetero) is 1. The molecule has 0 unspecified atom stereocenters. The van der Waals surface area contributed by atoms with E-state index in [2.05, 4.69) is 4.98 Å². The van der Waals surface area contributed by atoms with Crippen LogP contribution < -0.4 is 0 Å². The van der Waals surface area contributed by atoms with Gasteiger partial charge in [0.1, 0.15) is 18.8 Å². The van der Waals surface area contributed by atoms with E-state index in [0.717, 1.165) is 5.03 Å². The molecule has 0 aliphatic carbocycles. The van der Waals surface area contributed by atoms with E-state index in [1.54, 1.807) is 6.20 Å². The molecule has 25 heavy (non-hydrogen) atoms. The van der Waals surface area contributed by atoms with E-state index in [0.29, 0.717) is 11.3 Å². The predicted molar refractivity (Wildman–Crippen MR) is 92.1 cm³/mol. The third kappa shape index (κ3) is 6.72. The van der Waals surface area contributed by atoms with Crippen molar-refractivity contribution in [1.29, 1.82) is 0 Å². The summed E-state index contributed by atoms with van der Waals surface area (Å²) in [6, 6.07) is 11.2. The fourth-order valence-electron chi connectivity index (χ4n) is 1.88.